The molecule has 3 aromatic carbocycles. The SMILES string of the molecule is CC(C)(CCCCOc1ccccc1)C(C)(O)c1cccc(OCc2ccc3ccccc3n2)c1. The smallest absolute Gasteiger partial charge is 0.130 e. The predicted molar refractivity (Wildman–Crippen MR) is 142 cm³/mol. The molecule has 0 fully saturated rings. The summed E-state index contributed by atoms with van der Waals surface area (Å²) < 4.78 is 11.9. The quantitative estimate of drug-likeness (QED) is 0.234. The van der Waals surface area contributed by atoms with E-state index in [1.807, 2.05) is 85.8 Å². The van der Waals surface area contributed by atoms with Crippen LogP contribution in [0.2, 0.25) is 0 Å². The zero-order valence-corrected chi connectivity index (χ0v) is 20.9. The zero-order chi connectivity index (χ0) is 24.7. The second kappa shape index (κ2) is 10.9. The van der Waals surface area contributed by atoms with E-state index in [2.05, 4.69) is 31.0 Å². The van der Waals surface area contributed by atoms with Crippen molar-refractivity contribution < 1.29 is 14.6 Å². The highest BCUT2D eigenvalue weighted by Gasteiger charge is 2.40. The molecule has 0 aliphatic heterocycles. The number of nitrogens with zero attached hydrogens (tertiary/aromatic N) is 1. The second-order valence-electron chi connectivity index (χ2n) is 9.89. The normalized spacial score (nSPS) is 13.4. The number of rotatable bonds is 11. The third-order valence-corrected chi connectivity index (χ3v) is 6.96. The maximum atomic E-state index is 11.6. The minimum atomic E-state index is -1.01. The first kappa shape index (κ1) is 24.7. The van der Waals surface area contributed by atoms with Crippen LogP contribution in [0.15, 0.2) is 91.0 Å². The summed E-state index contributed by atoms with van der Waals surface area (Å²) in [6.45, 7) is 7.20. The molecule has 0 amide bonds. The largest absolute Gasteiger partial charge is 0.494 e. The molecule has 4 heteroatoms. The average molecular weight is 470 g/mol. The van der Waals surface area contributed by atoms with Gasteiger partial charge in [0.05, 0.1) is 23.4 Å². The standard InChI is InChI=1S/C31H35NO3/c1-30(2,20-9-10-21-34-27-14-5-4-6-15-27)31(3,33)25-13-11-16-28(22-25)35-23-26-19-18-24-12-7-8-17-29(24)32-26/h4-8,11-19,22,33H,9-10,20-21,23H2,1-3H3. The summed E-state index contributed by atoms with van der Waals surface area (Å²) in [6.07, 6.45) is 2.79. The Morgan fingerprint density at radius 3 is 2.31 bits per heavy atom. The van der Waals surface area contributed by atoms with Crippen LogP contribution in [0.4, 0.5) is 0 Å². The Bertz CT molecular complexity index is 1230. The van der Waals surface area contributed by atoms with Gasteiger partial charge in [0.25, 0.3) is 0 Å². The van der Waals surface area contributed by atoms with Crippen molar-refractivity contribution in [3.8, 4) is 11.5 Å². The van der Waals surface area contributed by atoms with E-state index in [1.165, 1.54) is 0 Å². The minimum absolute atomic E-state index is 0.321. The zero-order valence-electron chi connectivity index (χ0n) is 20.9. The molecule has 4 rings (SSSR count). The van der Waals surface area contributed by atoms with Crippen LogP contribution in [-0.2, 0) is 12.2 Å². The third-order valence-electron chi connectivity index (χ3n) is 6.96. The van der Waals surface area contributed by atoms with Gasteiger partial charge in [-0.05, 0) is 73.6 Å². The van der Waals surface area contributed by atoms with Crippen LogP contribution < -0.4 is 9.47 Å². The Hall–Kier alpha value is -3.37. The lowest BCUT2D eigenvalue weighted by Gasteiger charge is -2.41. The molecule has 0 radical (unpaired) electrons. The van der Waals surface area contributed by atoms with Crippen molar-refractivity contribution in [3.63, 3.8) is 0 Å². The van der Waals surface area contributed by atoms with Gasteiger partial charge < -0.3 is 14.6 Å². The summed E-state index contributed by atoms with van der Waals surface area (Å²) in [7, 11) is 0. The summed E-state index contributed by atoms with van der Waals surface area (Å²) in [5, 5.41) is 12.7. The van der Waals surface area contributed by atoms with E-state index in [-0.39, 0.29) is 5.41 Å². The van der Waals surface area contributed by atoms with Gasteiger partial charge in [0.15, 0.2) is 0 Å². The van der Waals surface area contributed by atoms with Crippen LogP contribution >= 0.6 is 0 Å². The minimum Gasteiger partial charge on any atom is -0.494 e. The molecule has 1 N–H and O–H groups in total. The molecule has 1 aromatic heterocycles. The molecule has 0 saturated heterocycles. The van der Waals surface area contributed by atoms with Gasteiger partial charge in [-0.2, -0.15) is 0 Å². The molecule has 1 unspecified atom stereocenters. The number of aromatic nitrogens is 1. The highest BCUT2D eigenvalue weighted by atomic mass is 16.5. The Kier molecular flexibility index (Phi) is 7.72. The Labute approximate surface area is 208 Å². The van der Waals surface area contributed by atoms with E-state index >= 15 is 0 Å². The van der Waals surface area contributed by atoms with Gasteiger partial charge in [-0.1, -0.05) is 68.4 Å². The van der Waals surface area contributed by atoms with Gasteiger partial charge in [-0.3, -0.25) is 0 Å². The first-order chi connectivity index (χ1) is 16.8. The van der Waals surface area contributed by atoms with E-state index in [0.717, 1.165) is 52.9 Å². The number of fused-ring (bicyclic) bond motifs is 1. The maximum absolute atomic E-state index is 11.6. The molecule has 0 saturated carbocycles. The fraction of sp³-hybridized carbons (Fsp3) is 0.323. The number of hydrogen-bond donors (Lipinski definition) is 1. The fourth-order valence-electron chi connectivity index (χ4n) is 4.24. The van der Waals surface area contributed by atoms with Crippen molar-refractivity contribution in [2.75, 3.05) is 6.61 Å². The number of pyridine rings is 1. The highest BCUT2D eigenvalue weighted by Crippen LogP contribution is 2.43. The van der Waals surface area contributed by atoms with Crippen molar-refractivity contribution in [2.24, 2.45) is 5.41 Å². The first-order valence-electron chi connectivity index (χ1n) is 12.3. The van der Waals surface area contributed by atoms with Gasteiger partial charge in [-0.15, -0.1) is 0 Å². The van der Waals surface area contributed by atoms with Gasteiger partial charge in [0.1, 0.15) is 18.1 Å². The molecule has 1 atom stereocenters. The number of unbranched alkanes of at least 4 members (excludes halogenated alkanes) is 1. The van der Waals surface area contributed by atoms with Crippen LogP contribution in [-0.4, -0.2) is 16.7 Å². The molecule has 1 heterocycles. The highest BCUT2D eigenvalue weighted by molar-refractivity contribution is 5.78. The number of para-hydroxylation sites is 2. The number of ether oxygens (including phenoxy) is 2. The van der Waals surface area contributed by atoms with Crippen LogP contribution in [0, 0.1) is 5.41 Å². The van der Waals surface area contributed by atoms with E-state index < -0.39 is 5.60 Å². The molecular weight excluding hydrogens is 434 g/mol. The van der Waals surface area contributed by atoms with E-state index in [9.17, 15) is 5.11 Å². The maximum Gasteiger partial charge on any atom is 0.130 e. The summed E-state index contributed by atoms with van der Waals surface area (Å²) in [5.41, 5.74) is 1.36. The molecular formula is C31H35NO3. The predicted octanol–water partition coefficient (Wildman–Crippen LogP) is 7.30. The molecule has 0 aliphatic rings. The lowest BCUT2D eigenvalue weighted by Crippen LogP contribution is -2.39. The van der Waals surface area contributed by atoms with Crippen molar-refractivity contribution in [3.05, 3.63) is 102 Å². The molecule has 0 spiro atoms. The monoisotopic (exact) mass is 469 g/mol. The van der Waals surface area contributed by atoms with Gasteiger partial charge in [-0.25, -0.2) is 4.98 Å². The van der Waals surface area contributed by atoms with Crippen molar-refractivity contribution in [2.45, 2.75) is 52.2 Å². The molecule has 4 nitrogen and oxygen atoms in total. The number of aliphatic hydroxyl groups is 1. The van der Waals surface area contributed by atoms with Gasteiger partial charge >= 0.3 is 0 Å². The van der Waals surface area contributed by atoms with Gasteiger partial charge in [0, 0.05) is 5.39 Å². The van der Waals surface area contributed by atoms with Crippen LogP contribution in [0.5, 0.6) is 11.5 Å². The molecule has 35 heavy (non-hydrogen) atoms. The van der Waals surface area contributed by atoms with Crippen LogP contribution in [0.1, 0.15) is 51.3 Å². The van der Waals surface area contributed by atoms with Crippen LogP contribution in [0.25, 0.3) is 10.9 Å². The van der Waals surface area contributed by atoms with Crippen molar-refractivity contribution in [1.29, 1.82) is 0 Å². The summed E-state index contributed by atoms with van der Waals surface area (Å²) in [4.78, 5) is 4.68. The van der Waals surface area contributed by atoms with E-state index in [1.54, 1.807) is 0 Å². The first-order valence-corrected chi connectivity index (χ1v) is 12.3. The summed E-state index contributed by atoms with van der Waals surface area (Å²) >= 11 is 0. The Morgan fingerprint density at radius 2 is 1.49 bits per heavy atom. The second-order valence-corrected chi connectivity index (χ2v) is 9.89. The fourth-order valence-corrected chi connectivity index (χ4v) is 4.24. The third kappa shape index (κ3) is 6.20. The van der Waals surface area contributed by atoms with Gasteiger partial charge in [0.2, 0.25) is 0 Å². The lowest BCUT2D eigenvalue weighted by atomic mass is 9.69. The molecule has 4 aromatic rings. The van der Waals surface area contributed by atoms with Crippen LogP contribution in [0.3, 0.4) is 0 Å². The topological polar surface area (TPSA) is 51.6 Å². The lowest BCUT2D eigenvalue weighted by molar-refractivity contribution is -0.0632. The van der Waals surface area contributed by atoms with E-state index in [0.29, 0.717) is 13.2 Å². The molecule has 0 bridgehead atoms. The van der Waals surface area contributed by atoms with Crippen molar-refractivity contribution >= 4 is 10.9 Å². The summed E-state index contributed by atoms with van der Waals surface area (Å²) in [5.74, 6) is 1.62. The Balaban J connectivity index is 1.34. The molecule has 182 valence electrons. The van der Waals surface area contributed by atoms with E-state index in [4.69, 9.17) is 9.47 Å². The summed E-state index contributed by atoms with van der Waals surface area (Å²) in [6, 6.07) is 29.8. The average Bonchev–Trinajstić information content (AvgIpc) is 2.88. The number of benzene rings is 3. The Morgan fingerprint density at radius 1 is 0.743 bits per heavy atom. The molecule has 0 aliphatic carbocycles. The van der Waals surface area contributed by atoms with Crippen molar-refractivity contribution in [1.82, 2.24) is 4.98 Å². The number of hydrogen-bond acceptors (Lipinski definition) is 4.